The van der Waals surface area contributed by atoms with Crippen LogP contribution in [0.5, 0.6) is 0 Å². The molecular formula is C24H23FN2O2S. The van der Waals surface area contributed by atoms with Gasteiger partial charge in [-0.25, -0.2) is 4.39 Å². The number of fused-ring (bicyclic) bond motifs is 1. The lowest BCUT2D eigenvalue weighted by Gasteiger charge is -2.17. The molecule has 2 amide bonds. The lowest BCUT2D eigenvalue weighted by Crippen LogP contribution is -2.28. The third-order valence-electron chi connectivity index (χ3n) is 5.39. The normalized spacial score (nSPS) is 13.9. The predicted molar refractivity (Wildman–Crippen MR) is 118 cm³/mol. The summed E-state index contributed by atoms with van der Waals surface area (Å²) in [6.07, 6.45) is 3.78. The molecule has 1 atom stereocenters. The van der Waals surface area contributed by atoms with Crippen molar-refractivity contribution in [1.29, 1.82) is 0 Å². The summed E-state index contributed by atoms with van der Waals surface area (Å²) in [5, 5.41) is 6.35. The molecule has 1 aromatic heterocycles. The quantitative estimate of drug-likeness (QED) is 0.570. The topological polar surface area (TPSA) is 58.2 Å². The number of aryl methyl sites for hydroxylation is 1. The highest BCUT2D eigenvalue weighted by molar-refractivity contribution is 7.17. The molecule has 0 spiro atoms. The van der Waals surface area contributed by atoms with E-state index in [1.807, 2.05) is 37.3 Å². The zero-order valence-corrected chi connectivity index (χ0v) is 17.5. The number of amides is 2. The summed E-state index contributed by atoms with van der Waals surface area (Å²) in [6, 6.07) is 15.4. The van der Waals surface area contributed by atoms with Crippen LogP contribution in [0.3, 0.4) is 0 Å². The van der Waals surface area contributed by atoms with Crippen LogP contribution in [0.25, 0.3) is 0 Å². The summed E-state index contributed by atoms with van der Waals surface area (Å²) in [5.41, 5.74) is 2.50. The summed E-state index contributed by atoms with van der Waals surface area (Å²) in [5.74, 6) is -1.34. The third-order valence-corrected chi connectivity index (χ3v) is 6.60. The SMILES string of the molecule is C[C@H](NC(=O)c1c(NC(=O)c2ccccc2F)sc2c1CCCC2)c1ccccc1. The second-order valence-corrected chi connectivity index (χ2v) is 8.56. The van der Waals surface area contributed by atoms with Gasteiger partial charge in [-0.1, -0.05) is 42.5 Å². The maximum Gasteiger partial charge on any atom is 0.259 e. The summed E-state index contributed by atoms with van der Waals surface area (Å²) < 4.78 is 14.1. The first-order chi connectivity index (χ1) is 14.5. The van der Waals surface area contributed by atoms with Gasteiger partial charge in [0.1, 0.15) is 10.8 Å². The fourth-order valence-electron chi connectivity index (χ4n) is 3.80. The van der Waals surface area contributed by atoms with Crippen molar-refractivity contribution >= 4 is 28.2 Å². The van der Waals surface area contributed by atoms with Crippen LogP contribution in [0.4, 0.5) is 9.39 Å². The number of thiophene rings is 1. The van der Waals surface area contributed by atoms with Gasteiger partial charge in [0, 0.05) is 4.88 Å². The first kappa shape index (κ1) is 20.3. The second-order valence-electron chi connectivity index (χ2n) is 7.45. The Morgan fingerprint density at radius 3 is 2.43 bits per heavy atom. The molecular weight excluding hydrogens is 399 g/mol. The van der Waals surface area contributed by atoms with Crippen LogP contribution in [0.1, 0.15) is 62.5 Å². The maximum absolute atomic E-state index is 14.1. The van der Waals surface area contributed by atoms with Gasteiger partial charge in [0.25, 0.3) is 11.8 Å². The lowest BCUT2D eigenvalue weighted by molar-refractivity contribution is 0.0940. The smallest absolute Gasteiger partial charge is 0.259 e. The van der Waals surface area contributed by atoms with E-state index >= 15 is 0 Å². The van der Waals surface area contributed by atoms with Crippen molar-refractivity contribution < 1.29 is 14.0 Å². The van der Waals surface area contributed by atoms with Crippen LogP contribution in [-0.2, 0) is 12.8 Å². The predicted octanol–water partition coefficient (Wildman–Crippen LogP) is 5.51. The van der Waals surface area contributed by atoms with Crippen molar-refractivity contribution in [2.75, 3.05) is 5.32 Å². The fourth-order valence-corrected chi connectivity index (χ4v) is 5.09. The van der Waals surface area contributed by atoms with E-state index in [1.165, 1.54) is 23.5 Å². The molecule has 4 rings (SSSR count). The molecule has 0 bridgehead atoms. The van der Waals surface area contributed by atoms with Crippen molar-refractivity contribution in [3.8, 4) is 0 Å². The van der Waals surface area contributed by atoms with Gasteiger partial charge < -0.3 is 10.6 Å². The van der Waals surface area contributed by atoms with E-state index < -0.39 is 11.7 Å². The van der Waals surface area contributed by atoms with Crippen LogP contribution < -0.4 is 10.6 Å². The number of hydrogen-bond donors (Lipinski definition) is 2. The van der Waals surface area contributed by atoms with Gasteiger partial charge in [-0.3, -0.25) is 9.59 Å². The summed E-state index contributed by atoms with van der Waals surface area (Å²) in [6.45, 7) is 1.93. The molecule has 2 aromatic carbocycles. The molecule has 30 heavy (non-hydrogen) atoms. The maximum atomic E-state index is 14.1. The van der Waals surface area contributed by atoms with Gasteiger partial charge in [-0.15, -0.1) is 11.3 Å². The molecule has 0 fully saturated rings. The minimum absolute atomic E-state index is 0.0344. The first-order valence-corrected chi connectivity index (χ1v) is 10.9. The molecule has 2 N–H and O–H groups in total. The molecule has 1 heterocycles. The van der Waals surface area contributed by atoms with Crippen molar-refractivity contribution in [1.82, 2.24) is 5.32 Å². The highest BCUT2D eigenvalue weighted by Crippen LogP contribution is 2.38. The average molecular weight is 423 g/mol. The van der Waals surface area contributed by atoms with Crippen molar-refractivity contribution in [2.45, 2.75) is 38.6 Å². The Morgan fingerprint density at radius 2 is 1.67 bits per heavy atom. The molecule has 1 aliphatic rings. The van der Waals surface area contributed by atoms with Gasteiger partial charge in [0.05, 0.1) is 17.2 Å². The standard InChI is InChI=1S/C24H23FN2O2S/c1-15(16-9-3-2-4-10-16)26-23(29)21-18-12-6-8-14-20(18)30-24(21)27-22(28)17-11-5-7-13-19(17)25/h2-5,7,9-11,13,15H,6,8,12,14H2,1H3,(H,26,29)(H,27,28)/t15-/m0/s1. The fraction of sp³-hybridized carbons (Fsp3) is 0.250. The van der Waals surface area contributed by atoms with E-state index in [1.54, 1.807) is 12.1 Å². The number of hydrogen-bond acceptors (Lipinski definition) is 3. The zero-order chi connectivity index (χ0) is 21.1. The minimum Gasteiger partial charge on any atom is -0.345 e. The number of rotatable bonds is 5. The van der Waals surface area contributed by atoms with Crippen LogP contribution >= 0.6 is 11.3 Å². The molecule has 4 nitrogen and oxygen atoms in total. The van der Waals surface area contributed by atoms with E-state index in [2.05, 4.69) is 10.6 Å². The van der Waals surface area contributed by atoms with E-state index in [0.29, 0.717) is 10.6 Å². The van der Waals surface area contributed by atoms with E-state index in [-0.39, 0.29) is 17.5 Å². The number of halogens is 1. The number of carbonyl (C=O) groups excluding carboxylic acids is 2. The molecule has 1 aliphatic carbocycles. The summed E-state index contributed by atoms with van der Waals surface area (Å²) in [4.78, 5) is 27.1. The minimum atomic E-state index is -0.583. The molecule has 0 saturated heterocycles. The Balaban J connectivity index is 1.63. The number of carbonyl (C=O) groups is 2. The van der Waals surface area contributed by atoms with Gasteiger partial charge in [0.2, 0.25) is 0 Å². The monoisotopic (exact) mass is 422 g/mol. The molecule has 0 radical (unpaired) electrons. The summed E-state index contributed by atoms with van der Waals surface area (Å²) in [7, 11) is 0. The Labute approximate surface area is 179 Å². The molecule has 3 aromatic rings. The Hall–Kier alpha value is -2.99. The Morgan fingerprint density at radius 1 is 0.967 bits per heavy atom. The first-order valence-electron chi connectivity index (χ1n) is 10.1. The van der Waals surface area contributed by atoms with Crippen LogP contribution in [0, 0.1) is 5.82 Å². The highest BCUT2D eigenvalue weighted by atomic mass is 32.1. The highest BCUT2D eigenvalue weighted by Gasteiger charge is 2.27. The van der Waals surface area contributed by atoms with E-state index in [9.17, 15) is 14.0 Å². The van der Waals surface area contributed by atoms with Crippen LogP contribution in [0.2, 0.25) is 0 Å². The van der Waals surface area contributed by atoms with Crippen molar-refractivity contribution in [3.63, 3.8) is 0 Å². The average Bonchev–Trinajstić information content (AvgIpc) is 3.12. The third kappa shape index (κ3) is 4.14. The van der Waals surface area contributed by atoms with E-state index in [4.69, 9.17) is 0 Å². The van der Waals surface area contributed by atoms with Gasteiger partial charge >= 0.3 is 0 Å². The molecule has 0 aliphatic heterocycles. The Bertz CT molecular complexity index is 1080. The van der Waals surface area contributed by atoms with Gasteiger partial charge in [0.15, 0.2) is 0 Å². The van der Waals surface area contributed by atoms with Crippen molar-refractivity contribution in [3.05, 3.63) is 87.5 Å². The number of nitrogens with one attached hydrogen (secondary N) is 2. The van der Waals surface area contributed by atoms with Crippen molar-refractivity contribution in [2.24, 2.45) is 0 Å². The summed E-state index contributed by atoms with van der Waals surface area (Å²) >= 11 is 1.43. The zero-order valence-electron chi connectivity index (χ0n) is 16.7. The lowest BCUT2D eigenvalue weighted by atomic mass is 9.95. The van der Waals surface area contributed by atoms with Gasteiger partial charge in [-0.05, 0) is 55.9 Å². The molecule has 0 saturated carbocycles. The largest absolute Gasteiger partial charge is 0.345 e. The number of anilines is 1. The van der Waals surface area contributed by atoms with Crippen LogP contribution in [-0.4, -0.2) is 11.8 Å². The second kappa shape index (κ2) is 8.79. The van der Waals surface area contributed by atoms with E-state index in [0.717, 1.165) is 41.7 Å². The molecule has 0 unspecified atom stereocenters. The number of benzene rings is 2. The van der Waals surface area contributed by atoms with Gasteiger partial charge in [-0.2, -0.15) is 0 Å². The Kier molecular flexibility index (Phi) is 5.95. The van der Waals surface area contributed by atoms with Crippen LogP contribution in [0.15, 0.2) is 54.6 Å². The molecule has 154 valence electrons. The molecule has 6 heteroatoms.